The third-order valence-corrected chi connectivity index (χ3v) is 4.67. The van der Waals surface area contributed by atoms with Crippen LogP contribution in [0.25, 0.3) is 22.4 Å². The van der Waals surface area contributed by atoms with E-state index in [2.05, 4.69) is 10.2 Å². The molecule has 4 aromatic rings. The lowest BCUT2D eigenvalue weighted by Crippen LogP contribution is -2.10. The zero-order valence-corrected chi connectivity index (χ0v) is 16.7. The van der Waals surface area contributed by atoms with Crippen molar-refractivity contribution in [2.24, 2.45) is 0 Å². The van der Waals surface area contributed by atoms with Gasteiger partial charge in [-0.2, -0.15) is 0 Å². The van der Waals surface area contributed by atoms with Crippen LogP contribution >= 0.6 is 0 Å². The molecule has 0 amide bonds. The molecular weight excluding hydrogens is 392 g/mol. The highest BCUT2D eigenvalue weighted by molar-refractivity contribution is 6.03. The minimum atomic E-state index is -0.592. The highest BCUT2D eigenvalue weighted by Crippen LogP contribution is 2.38. The molecule has 3 aromatic carbocycles. The zero-order chi connectivity index (χ0) is 21.6. The minimum absolute atomic E-state index is 0.0178. The second-order valence-electron chi connectivity index (χ2n) is 6.62. The third-order valence-electron chi connectivity index (χ3n) is 4.67. The average molecular weight is 410 g/mol. The molecular formula is C25H18N2O4. The van der Waals surface area contributed by atoms with Crippen molar-refractivity contribution in [1.29, 1.82) is 0 Å². The summed E-state index contributed by atoms with van der Waals surface area (Å²) in [5, 5.41) is 8.60. The van der Waals surface area contributed by atoms with Crippen molar-refractivity contribution in [3.63, 3.8) is 0 Å². The molecule has 0 bridgehead atoms. The summed E-state index contributed by atoms with van der Waals surface area (Å²) in [5.74, 6) is -0.161. The van der Waals surface area contributed by atoms with Crippen LogP contribution in [0.2, 0.25) is 0 Å². The fourth-order valence-electron chi connectivity index (χ4n) is 3.19. The smallest absolute Gasteiger partial charge is 0.344 e. The predicted octanol–water partition coefficient (Wildman–Crippen LogP) is 5.20. The van der Waals surface area contributed by atoms with Crippen LogP contribution in [0.4, 0.5) is 0 Å². The minimum Gasteiger partial charge on any atom is -0.465 e. The third kappa shape index (κ3) is 4.18. The van der Waals surface area contributed by atoms with Gasteiger partial charge >= 0.3 is 5.97 Å². The van der Waals surface area contributed by atoms with Crippen LogP contribution in [-0.4, -0.2) is 29.6 Å². The van der Waals surface area contributed by atoms with Gasteiger partial charge in [-0.1, -0.05) is 60.7 Å². The predicted molar refractivity (Wildman–Crippen MR) is 116 cm³/mol. The van der Waals surface area contributed by atoms with E-state index in [9.17, 15) is 9.59 Å². The van der Waals surface area contributed by atoms with E-state index in [4.69, 9.17) is 9.47 Å². The summed E-state index contributed by atoms with van der Waals surface area (Å²) in [5.41, 5.74) is 3.36. The number of carbonyl (C=O) groups is 2. The lowest BCUT2D eigenvalue weighted by Gasteiger charge is -2.16. The first-order valence-corrected chi connectivity index (χ1v) is 9.54. The van der Waals surface area contributed by atoms with Crippen molar-refractivity contribution in [2.75, 3.05) is 7.11 Å². The second kappa shape index (κ2) is 9.00. The highest BCUT2D eigenvalue weighted by Gasteiger charge is 2.26. The molecule has 0 N–H and O–H groups in total. The zero-order valence-electron chi connectivity index (χ0n) is 16.7. The van der Waals surface area contributed by atoms with Gasteiger partial charge in [0, 0.05) is 16.7 Å². The van der Waals surface area contributed by atoms with Crippen LogP contribution in [-0.2, 0) is 4.74 Å². The van der Waals surface area contributed by atoms with Crippen molar-refractivity contribution in [3.8, 4) is 34.0 Å². The lowest BCUT2D eigenvalue weighted by molar-refractivity contribution is 0.0597. The number of esters is 1. The highest BCUT2D eigenvalue weighted by atomic mass is 16.5. The molecule has 152 valence electrons. The average Bonchev–Trinajstić information content (AvgIpc) is 2.85. The van der Waals surface area contributed by atoms with Gasteiger partial charge in [0.1, 0.15) is 23.3 Å². The van der Waals surface area contributed by atoms with Gasteiger partial charge in [0.2, 0.25) is 0 Å². The molecule has 0 unspecified atom stereocenters. The molecule has 0 saturated carbocycles. The van der Waals surface area contributed by atoms with Crippen LogP contribution < -0.4 is 4.74 Å². The first kappa shape index (κ1) is 20.0. The van der Waals surface area contributed by atoms with E-state index in [0.29, 0.717) is 22.6 Å². The Labute approximate surface area is 179 Å². The van der Waals surface area contributed by atoms with Crippen LogP contribution in [0.3, 0.4) is 0 Å². The maximum absolute atomic E-state index is 12.9. The van der Waals surface area contributed by atoms with E-state index in [1.807, 2.05) is 60.7 Å². The maximum Gasteiger partial charge on any atom is 0.344 e. The SMILES string of the molecule is COC(=O)c1c(Oc2ccc(C=O)cc2)nnc(-c2ccccc2)c1-c1ccccc1. The van der Waals surface area contributed by atoms with E-state index in [0.717, 1.165) is 17.4 Å². The molecule has 4 rings (SSSR count). The topological polar surface area (TPSA) is 78.4 Å². The molecule has 1 aromatic heterocycles. The van der Waals surface area contributed by atoms with Gasteiger partial charge in [-0.25, -0.2) is 4.79 Å². The van der Waals surface area contributed by atoms with Crippen molar-refractivity contribution in [1.82, 2.24) is 10.2 Å². The quantitative estimate of drug-likeness (QED) is 0.321. The van der Waals surface area contributed by atoms with E-state index < -0.39 is 5.97 Å². The summed E-state index contributed by atoms with van der Waals surface area (Å²) >= 11 is 0. The summed E-state index contributed by atoms with van der Waals surface area (Å²) in [6, 6.07) is 25.4. The van der Waals surface area contributed by atoms with E-state index in [-0.39, 0.29) is 11.4 Å². The molecule has 0 saturated heterocycles. The van der Waals surface area contributed by atoms with Crippen molar-refractivity contribution in [2.45, 2.75) is 0 Å². The summed E-state index contributed by atoms with van der Waals surface area (Å²) < 4.78 is 11.0. The molecule has 1 heterocycles. The normalized spacial score (nSPS) is 10.4. The van der Waals surface area contributed by atoms with Crippen LogP contribution in [0, 0.1) is 0 Å². The fraction of sp³-hybridized carbons (Fsp3) is 0.0400. The maximum atomic E-state index is 12.9. The fourth-order valence-corrected chi connectivity index (χ4v) is 3.19. The van der Waals surface area contributed by atoms with Gasteiger partial charge in [0.15, 0.2) is 0 Å². The first-order chi connectivity index (χ1) is 15.2. The second-order valence-corrected chi connectivity index (χ2v) is 6.62. The van der Waals surface area contributed by atoms with Crippen molar-refractivity contribution < 1.29 is 19.1 Å². The van der Waals surface area contributed by atoms with E-state index in [1.54, 1.807) is 24.3 Å². The van der Waals surface area contributed by atoms with Crippen LogP contribution in [0.1, 0.15) is 20.7 Å². The van der Waals surface area contributed by atoms with Crippen molar-refractivity contribution in [3.05, 3.63) is 96.1 Å². The van der Waals surface area contributed by atoms with Crippen molar-refractivity contribution >= 4 is 12.3 Å². The molecule has 0 spiro atoms. The molecule has 0 atom stereocenters. The van der Waals surface area contributed by atoms with E-state index in [1.165, 1.54) is 7.11 Å². The molecule has 0 aliphatic heterocycles. The Balaban J connectivity index is 1.94. The van der Waals surface area contributed by atoms with Gasteiger partial charge in [-0.15, -0.1) is 10.2 Å². The summed E-state index contributed by atoms with van der Waals surface area (Å²) in [6.45, 7) is 0. The number of hydrogen-bond donors (Lipinski definition) is 0. The summed E-state index contributed by atoms with van der Waals surface area (Å²) in [6.07, 6.45) is 0.742. The van der Waals surface area contributed by atoms with Gasteiger partial charge in [0.05, 0.1) is 7.11 Å². The first-order valence-electron chi connectivity index (χ1n) is 9.54. The Morgan fingerprint density at radius 3 is 2.00 bits per heavy atom. The Morgan fingerprint density at radius 2 is 1.42 bits per heavy atom. The lowest BCUT2D eigenvalue weighted by atomic mass is 9.95. The largest absolute Gasteiger partial charge is 0.465 e. The van der Waals surface area contributed by atoms with Crippen LogP contribution in [0.5, 0.6) is 11.6 Å². The number of ether oxygens (including phenoxy) is 2. The molecule has 0 aliphatic rings. The van der Waals surface area contributed by atoms with Crippen LogP contribution in [0.15, 0.2) is 84.9 Å². The summed E-state index contributed by atoms with van der Waals surface area (Å²) in [4.78, 5) is 23.8. The number of nitrogens with zero attached hydrogens (tertiary/aromatic N) is 2. The number of methoxy groups -OCH3 is 1. The van der Waals surface area contributed by atoms with Gasteiger partial charge in [-0.05, 0) is 29.8 Å². The summed E-state index contributed by atoms with van der Waals surface area (Å²) in [7, 11) is 1.31. The Bertz CT molecular complexity index is 1210. The Morgan fingerprint density at radius 1 is 0.806 bits per heavy atom. The van der Waals surface area contributed by atoms with Gasteiger partial charge in [-0.3, -0.25) is 4.79 Å². The Kier molecular flexibility index (Phi) is 5.80. The number of rotatable bonds is 6. The molecule has 0 aliphatic carbocycles. The van der Waals surface area contributed by atoms with Gasteiger partial charge in [0.25, 0.3) is 5.88 Å². The molecule has 31 heavy (non-hydrogen) atoms. The van der Waals surface area contributed by atoms with E-state index >= 15 is 0 Å². The number of benzene rings is 3. The number of aldehydes is 1. The van der Waals surface area contributed by atoms with Gasteiger partial charge < -0.3 is 9.47 Å². The monoisotopic (exact) mass is 410 g/mol. The Hall–Kier alpha value is -4.32. The standard InChI is InChI=1S/C25H18N2O4/c1-30-25(29)22-21(18-8-4-2-5-9-18)23(19-10-6-3-7-11-19)26-27-24(22)31-20-14-12-17(16-28)13-15-20/h2-16H,1H3. The number of carbonyl (C=O) groups excluding carboxylic acids is 2. The molecule has 6 heteroatoms. The molecule has 6 nitrogen and oxygen atoms in total. The molecule has 0 radical (unpaired) electrons. The number of aromatic nitrogens is 2. The number of hydrogen-bond acceptors (Lipinski definition) is 6. The molecule has 0 fully saturated rings.